The first-order valence-electron chi connectivity index (χ1n) is 8.30. The van der Waals surface area contributed by atoms with E-state index in [-0.39, 0.29) is 5.92 Å². The molecule has 1 aliphatic carbocycles. The molecule has 5 rings (SSSR count). The fraction of sp³-hybridized carbons (Fsp3) is 0.0435. The molecule has 0 spiro atoms. The highest BCUT2D eigenvalue weighted by molar-refractivity contribution is 6.02. The van der Waals surface area contributed by atoms with Crippen LogP contribution in [0.4, 0.5) is 5.69 Å². The van der Waals surface area contributed by atoms with E-state index in [2.05, 4.69) is 84.9 Å². The molecule has 1 atom stereocenters. The Morgan fingerprint density at radius 3 is 2.29 bits per heavy atom. The molecule has 0 saturated heterocycles. The third kappa shape index (κ3) is 1.75. The minimum atomic E-state index is 0.241. The minimum Gasteiger partial charge on any atom is -0.398 e. The number of hydrogen-bond donors (Lipinski definition) is 1. The van der Waals surface area contributed by atoms with E-state index in [1.807, 2.05) is 0 Å². The Balaban J connectivity index is 1.95. The molecule has 1 heteroatoms. The van der Waals surface area contributed by atoms with Crippen LogP contribution < -0.4 is 5.73 Å². The molecule has 24 heavy (non-hydrogen) atoms. The lowest BCUT2D eigenvalue weighted by atomic mass is 9.86. The van der Waals surface area contributed by atoms with Crippen LogP contribution in [0.1, 0.15) is 22.6 Å². The number of nitrogen functional groups attached to an aromatic ring is 1. The number of nitrogens with two attached hydrogens (primary N) is 1. The van der Waals surface area contributed by atoms with Crippen LogP contribution in [-0.2, 0) is 0 Å². The van der Waals surface area contributed by atoms with Crippen molar-refractivity contribution in [2.45, 2.75) is 5.92 Å². The lowest BCUT2D eigenvalue weighted by molar-refractivity contribution is 1.03. The van der Waals surface area contributed by atoms with Gasteiger partial charge in [0.1, 0.15) is 0 Å². The molecule has 0 radical (unpaired) electrons. The normalized spacial score (nSPS) is 15.2. The maximum Gasteiger partial charge on any atom is 0.0403 e. The number of anilines is 1. The molecule has 1 unspecified atom stereocenters. The molecule has 2 N–H and O–H groups in total. The van der Waals surface area contributed by atoms with Gasteiger partial charge in [-0.1, -0.05) is 78.9 Å². The largest absolute Gasteiger partial charge is 0.398 e. The van der Waals surface area contributed by atoms with Crippen LogP contribution in [0.2, 0.25) is 0 Å². The Kier molecular flexibility index (Phi) is 2.77. The highest BCUT2D eigenvalue weighted by Gasteiger charge is 2.32. The predicted molar refractivity (Wildman–Crippen MR) is 101 cm³/mol. The highest BCUT2D eigenvalue weighted by Crippen LogP contribution is 2.52. The predicted octanol–water partition coefficient (Wildman–Crippen LogP) is 5.58. The van der Waals surface area contributed by atoms with Crippen LogP contribution in [0.15, 0.2) is 84.9 Å². The maximum absolute atomic E-state index is 6.49. The van der Waals surface area contributed by atoms with Crippen molar-refractivity contribution in [1.29, 1.82) is 0 Å². The zero-order chi connectivity index (χ0) is 16.1. The smallest absolute Gasteiger partial charge is 0.0403 e. The molecule has 4 aromatic carbocycles. The Bertz CT molecular complexity index is 1060. The van der Waals surface area contributed by atoms with Crippen molar-refractivity contribution >= 4 is 16.5 Å². The fourth-order valence-electron chi connectivity index (χ4n) is 4.12. The second-order valence-electron chi connectivity index (χ2n) is 6.41. The van der Waals surface area contributed by atoms with Gasteiger partial charge in [0.05, 0.1) is 0 Å². The molecule has 0 aliphatic heterocycles. The zero-order valence-corrected chi connectivity index (χ0v) is 13.2. The summed E-state index contributed by atoms with van der Waals surface area (Å²) in [6.07, 6.45) is 0. The van der Waals surface area contributed by atoms with Crippen molar-refractivity contribution < 1.29 is 0 Å². The van der Waals surface area contributed by atoms with Gasteiger partial charge in [-0.05, 0) is 39.1 Å². The second kappa shape index (κ2) is 4.97. The van der Waals surface area contributed by atoms with Crippen molar-refractivity contribution in [2.24, 2.45) is 0 Å². The minimum absolute atomic E-state index is 0.241. The monoisotopic (exact) mass is 307 g/mol. The van der Waals surface area contributed by atoms with Gasteiger partial charge in [-0.15, -0.1) is 0 Å². The summed E-state index contributed by atoms with van der Waals surface area (Å²) in [5, 5.41) is 2.51. The molecule has 0 saturated carbocycles. The van der Waals surface area contributed by atoms with E-state index in [1.165, 1.54) is 38.6 Å². The maximum atomic E-state index is 6.49. The van der Waals surface area contributed by atoms with Gasteiger partial charge in [-0.25, -0.2) is 0 Å². The average Bonchev–Trinajstić information content (AvgIpc) is 2.98. The first kappa shape index (κ1) is 13.4. The van der Waals surface area contributed by atoms with Crippen molar-refractivity contribution in [3.05, 3.63) is 102 Å². The molecule has 4 aromatic rings. The van der Waals surface area contributed by atoms with Gasteiger partial charge in [0, 0.05) is 17.2 Å². The van der Waals surface area contributed by atoms with E-state index in [9.17, 15) is 0 Å². The molecular weight excluding hydrogens is 290 g/mol. The third-order valence-electron chi connectivity index (χ3n) is 5.08. The molecule has 0 bridgehead atoms. The third-order valence-corrected chi connectivity index (χ3v) is 5.08. The van der Waals surface area contributed by atoms with Gasteiger partial charge in [-0.3, -0.25) is 0 Å². The summed E-state index contributed by atoms with van der Waals surface area (Å²) in [6, 6.07) is 30.1. The number of rotatable bonds is 1. The van der Waals surface area contributed by atoms with Gasteiger partial charge in [-0.2, -0.15) is 0 Å². The first-order chi connectivity index (χ1) is 11.8. The Hall–Kier alpha value is -3.06. The summed E-state index contributed by atoms with van der Waals surface area (Å²) >= 11 is 0. The Morgan fingerprint density at radius 2 is 1.42 bits per heavy atom. The van der Waals surface area contributed by atoms with E-state index in [4.69, 9.17) is 5.73 Å². The number of hydrogen-bond acceptors (Lipinski definition) is 1. The van der Waals surface area contributed by atoms with Crippen LogP contribution in [0, 0.1) is 0 Å². The van der Waals surface area contributed by atoms with E-state index in [1.54, 1.807) is 0 Å². The van der Waals surface area contributed by atoms with Crippen LogP contribution >= 0.6 is 0 Å². The fourth-order valence-corrected chi connectivity index (χ4v) is 4.12. The van der Waals surface area contributed by atoms with Gasteiger partial charge in [0.15, 0.2) is 0 Å². The molecule has 0 fully saturated rings. The summed E-state index contributed by atoms with van der Waals surface area (Å²) in [5.41, 5.74) is 13.9. The average molecular weight is 307 g/mol. The number of benzene rings is 4. The van der Waals surface area contributed by atoms with E-state index in [0.29, 0.717) is 0 Å². The van der Waals surface area contributed by atoms with Crippen LogP contribution in [-0.4, -0.2) is 0 Å². The van der Waals surface area contributed by atoms with Crippen LogP contribution in [0.3, 0.4) is 0 Å². The lowest BCUT2D eigenvalue weighted by Crippen LogP contribution is -2.00. The van der Waals surface area contributed by atoms with E-state index in [0.717, 1.165) is 5.69 Å². The number of fused-ring (bicyclic) bond motifs is 5. The Morgan fingerprint density at radius 1 is 0.708 bits per heavy atom. The summed E-state index contributed by atoms with van der Waals surface area (Å²) < 4.78 is 0. The second-order valence-corrected chi connectivity index (χ2v) is 6.41. The first-order valence-corrected chi connectivity index (χ1v) is 8.30. The summed E-state index contributed by atoms with van der Waals surface area (Å²) in [4.78, 5) is 0. The molecular formula is C23H17N. The molecule has 1 aliphatic rings. The molecule has 0 heterocycles. The highest BCUT2D eigenvalue weighted by atomic mass is 14.6. The summed E-state index contributed by atoms with van der Waals surface area (Å²) in [6.45, 7) is 0. The van der Waals surface area contributed by atoms with Gasteiger partial charge < -0.3 is 5.73 Å². The topological polar surface area (TPSA) is 26.0 Å². The van der Waals surface area contributed by atoms with E-state index >= 15 is 0 Å². The lowest BCUT2D eigenvalue weighted by Gasteiger charge is -2.17. The zero-order valence-electron chi connectivity index (χ0n) is 13.2. The van der Waals surface area contributed by atoms with Crippen molar-refractivity contribution in [3.63, 3.8) is 0 Å². The SMILES string of the molecule is Nc1cc2ccccc2c2c1-c1ccccc1C2c1ccccc1. The van der Waals surface area contributed by atoms with Crippen molar-refractivity contribution in [3.8, 4) is 11.1 Å². The van der Waals surface area contributed by atoms with Crippen LogP contribution in [0.25, 0.3) is 21.9 Å². The van der Waals surface area contributed by atoms with Gasteiger partial charge in [0.25, 0.3) is 0 Å². The van der Waals surface area contributed by atoms with E-state index < -0.39 is 0 Å². The summed E-state index contributed by atoms with van der Waals surface area (Å²) in [5.74, 6) is 0.241. The molecule has 114 valence electrons. The molecule has 0 amide bonds. The van der Waals surface area contributed by atoms with Crippen molar-refractivity contribution in [2.75, 3.05) is 5.73 Å². The molecule has 0 aromatic heterocycles. The molecule has 1 nitrogen and oxygen atoms in total. The van der Waals surface area contributed by atoms with Gasteiger partial charge >= 0.3 is 0 Å². The Labute approximate surface area is 141 Å². The standard InChI is InChI=1S/C23H17N/c24-20-14-16-10-4-5-11-17(16)23-21(15-8-2-1-3-9-15)18-12-6-7-13-19(18)22(20)23/h1-14,21H,24H2. The quantitative estimate of drug-likeness (QED) is 0.402. The summed E-state index contributed by atoms with van der Waals surface area (Å²) in [7, 11) is 0. The van der Waals surface area contributed by atoms with Crippen LogP contribution in [0.5, 0.6) is 0 Å². The van der Waals surface area contributed by atoms with Gasteiger partial charge in [0.2, 0.25) is 0 Å². The van der Waals surface area contributed by atoms with Crippen molar-refractivity contribution in [1.82, 2.24) is 0 Å².